The zero-order valence-electron chi connectivity index (χ0n) is 10.6. The Kier molecular flexibility index (Phi) is 4.03. The van der Waals surface area contributed by atoms with E-state index in [0.29, 0.717) is 18.9 Å². The Morgan fingerprint density at radius 1 is 1.29 bits per heavy atom. The van der Waals surface area contributed by atoms with Gasteiger partial charge in [0.1, 0.15) is 5.25 Å². The van der Waals surface area contributed by atoms with E-state index in [1.165, 1.54) is 6.42 Å². The molecule has 17 heavy (non-hydrogen) atoms. The first kappa shape index (κ1) is 13.2. The molecular formula is C13H23NO2S. The molecule has 0 aromatic heterocycles. The van der Waals surface area contributed by atoms with Gasteiger partial charge in [-0.1, -0.05) is 19.3 Å². The van der Waals surface area contributed by atoms with Crippen molar-refractivity contribution in [2.75, 3.05) is 7.05 Å². The Labute approximate surface area is 109 Å². The van der Waals surface area contributed by atoms with Crippen molar-refractivity contribution in [2.24, 2.45) is 0 Å². The second-order valence-electron chi connectivity index (χ2n) is 5.60. The van der Waals surface area contributed by atoms with Crippen molar-refractivity contribution in [3.05, 3.63) is 0 Å². The molecule has 1 atom stereocenters. The molecule has 0 aliphatic heterocycles. The van der Waals surface area contributed by atoms with Gasteiger partial charge in [0.2, 0.25) is 5.91 Å². The van der Waals surface area contributed by atoms with Crippen molar-refractivity contribution in [3.8, 4) is 0 Å². The number of rotatable bonds is 3. The van der Waals surface area contributed by atoms with Crippen LogP contribution in [0.25, 0.3) is 0 Å². The van der Waals surface area contributed by atoms with Gasteiger partial charge in [0.25, 0.3) is 0 Å². The molecule has 98 valence electrons. The van der Waals surface area contributed by atoms with Gasteiger partial charge in [0.05, 0.1) is 5.60 Å². The molecule has 1 amide bonds. The van der Waals surface area contributed by atoms with Crippen LogP contribution in [0.3, 0.4) is 0 Å². The van der Waals surface area contributed by atoms with Crippen LogP contribution in [0.2, 0.25) is 0 Å². The molecule has 2 fully saturated rings. The van der Waals surface area contributed by atoms with Crippen LogP contribution in [0.15, 0.2) is 0 Å². The van der Waals surface area contributed by atoms with E-state index >= 15 is 0 Å². The molecule has 1 N–H and O–H groups in total. The van der Waals surface area contributed by atoms with Gasteiger partial charge in [-0.25, -0.2) is 0 Å². The summed E-state index contributed by atoms with van der Waals surface area (Å²) in [5, 5.41) is 9.96. The molecule has 0 aromatic rings. The van der Waals surface area contributed by atoms with Gasteiger partial charge >= 0.3 is 0 Å². The minimum Gasteiger partial charge on any atom is -0.388 e. The van der Waals surface area contributed by atoms with Crippen LogP contribution in [0.4, 0.5) is 0 Å². The zero-order valence-corrected chi connectivity index (χ0v) is 11.5. The van der Waals surface area contributed by atoms with Crippen molar-refractivity contribution in [1.29, 1.82) is 0 Å². The fraction of sp³-hybridized carbons (Fsp3) is 0.923. The summed E-state index contributed by atoms with van der Waals surface area (Å²) < 4.78 is 0. The van der Waals surface area contributed by atoms with E-state index in [1.807, 2.05) is 7.05 Å². The second-order valence-corrected chi connectivity index (χ2v) is 6.12. The maximum atomic E-state index is 12.3. The van der Waals surface area contributed by atoms with E-state index in [-0.39, 0.29) is 5.91 Å². The third-order valence-electron chi connectivity index (χ3n) is 4.43. The number of hydrogen-bond donors (Lipinski definition) is 2. The summed E-state index contributed by atoms with van der Waals surface area (Å²) in [4.78, 5) is 14.1. The highest BCUT2D eigenvalue weighted by Gasteiger charge is 2.42. The highest BCUT2D eigenvalue weighted by atomic mass is 32.1. The van der Waals surface area contributed by atoms with E-state index in [0.717, 1.165) is 32.1 Å². The Balaban J connectivity index is 1.97. The third-order valence-corrected chi connectivity index (χ3v) is 5.13. The van der Waals surface area contributed by atoms with Crippen LogP contribution < -0.4 is 0 Å². The van der Waals surface area contributed by atoms with Crippen molar-refractivity contribution in [2.45, 2.75) is 68.3 Å². The molecule has 1 unspecified atom stereocenters. The van der Waals surface area contributed by atoms with E-state index in [4.69, 9.17) is 0 Å². The summed E-state index contributed by atoms with van der Waals surface area (Å²) >= 11 is 4.41. The Hall–Kier alpha value is -0.220. The van der Waals surface area contributed by atoms with Gasteiger partial charge in [-0.15, -0.1) is 0 Å². The molecule has 2 aliphatic rings. The minimum absolute atomic E-state index is 0.00225. The number of amides is 1. The number of aliphatic hydroxyl groups is 1. The molecule has 4 heteroatoms. The van der Waals surface area contributed by atoms with E-state index in [9.17, 15) is 9.90 Å². The lowest BCUT2D eigenvalue weighted by Gasteiger charge is -2.41. The quantitative estimate of drug-likeness (QED) is 0.759. The molecule has 0 heterocycles. The van der Waals surface area contributed by atoms with Crippen molar-refractivity contribution < 1.29 is 9.90 Å². The lowest BCUT2D eigenvalue weighted by Crippen LogP contribution is -2.53. The topological polar surface area (TPSA) is 40.5 Å². The predicted octanol–water partition coefficient (Wildman–Crippen LogP) is 1.99. The number of carbonyl (C=O) groups is 1. The largest absolute Gasteiger partial charge is 0.388 e. The minimum atomic E-state index is -0.879. The summed E-state index contributed by atoms with van der Waals surface area (Å²) in [6, 6.07) is 0.379. The summed E-state index contributed by atoms with van der Waals surface area (Å²) in [6.07, 6.45) is 8.01. The van der Waals surface area contributed by atoms with E-state index < -0.39 is 10.9 Å². The van der Waals surface area contributed by atoms with Gasteiger partial charge in [-0.05, 0) is 32.1 Å². The standard InChI is InChI=1S/C13H23NO2S/c1-14(10-6-5-7-10)12(15)11(17)13(16)8-3-2-4-9-13/h10-11,16-17H,2-9H2,1H3. The van der Waals surface area contributed by atoms with Gasteiger partial charge in [-0.3, -0.25) is 4.79 Å². The molecular weight excluding hydrogens is 234 g/mol. The lowest BCUT2D eigenvalue weighted by atomic mass is 9.81. The molecule has 0 saturated heterocycles. The summed E-state index contributed by atoms with van der Waals surface area (Å²) in [5.74, 6) is 0.00225. The number of hydrogen-bond acceptors (Lipinski definition) is 3. The van der Waals surface area contributed by atoms with Gasteiger partial charge in [0, 0.05) is 13.1 Å². The maximum Gasteiger partial charge on any atom is 0.238 e. The highest BCUT2D eigenvalue weighted by Crippen LogP contribution is 2.35. The van der Waals surface area contributed by atoms with Crippen molar-refractivity contribution >= 4 is 18.5 Å². The molecule has 0 aromatic carbocycles. The fourth-order valence-corrected chi connectivity index (χ4v) is 3.25. The Bertz CT molecular complexity index is 285. The number of nitrogens with zero attached hydrogens (tertiary/aromatic N) is 1. The SMILES string of the molecule is CN(C(=O)C(S)C1(O)CCCCC1)C1CCC1. The van der Waals surface area contributed by atoms with Gasteiger partial charge in [-0.2, -0.15) is 12.6 Å². The number of carbonyl (C=O) groups excluding carboxylic acids is 1. The van der Waals surface area contributed by atoms with Gasteiger partial charge < -0.3 is 10.0 Å². The fourth-order valence-electron chi connectivity index (χ4n) is 2.81. The first-order chi connectivity index (χ1) is 8.04. The summed E-state index contributed by atoms with van der Waals surface area (Å²) in [5.41, 5.74) is -0.879. The first-order valence-corrected chi connectivity index (χ1v) is 7.23. The van der Waals surface area contributed by atoms with Crippen LogP contribution in [-0.2, 0) is 4.79 Å². The third kappa shape index (κ3) is 2.63. The van der Waals surface area contributed by atoms with E-state index in [2.05, 4.69) is 12.6 Å². The molecule has 2 aliphatic carbocycles. The highest BCUT2D eigenvalue weighted by molar-refractivity contribution is 7.81. The van der Waals surface area contributed by atoms with E-state index in [1.54, 1.807) is 4.90 Å². The molecule has 2 rings (SSSR count). The van der Waals surface area contributed by atoms with Crippen LogP contribution in [-0.4, -0.2) is 39.9 Å². The molecule has 2 saturated carbocycles. The lowest BCUT2D eigenvalue weighted by molar-refractivity contribution is -0.138. The first-order valence-electron chi connectivity index (χ1n) is 6.72. The van der Waals surface area contributed by atoms with Crippen molar-refractivity contribution in [3.63, 3.8) is 0 Å². The molecule has 0 bridgehead atoms. The average molecular weight is 257 g/mol. The monoisotopic (exact) mass is 257 g/mol. The van der Waals surface area contributed by atoms with Crippen molar-refractivity contribution in [1.82, 2.24) is 4.90 Å². The smallest absolute Gasteiger partial charge is 0.238 e. The summed E-state index contributed by atoms with van der Waals surface area (Å²) in [7, 11) is 1.85. The molecule has 0 radical (unpaired) electrons. The maximum absolute atomic E-state index is 12.3. The number of thiol groups is 1. The molecule has 3 nitrogen and oxygen atoms in total. The Morgan fingerprint density at radius 2 is 1.88 bits per heavy atom. The van der Waals surface area contributed by atoms with Gasteiger partial charge in [0.15, 0.2) is 0 Å². The molecule has 0 spiro atoms. The Morgan fingerprint density at radius 3 is 2.35 bits per heavy atom. The zero-order chi connectivity index (χ0) is 12.5. The normalized spacial score (nSPS) is 26.1. The summed E-state index contributed by atoms with van der Waals surface area (Å²) in [6.45, 7) is 0. The van der Waals surface area contributed by atoms with Crippen LogP contribution in [0.5, 0.6) is 0 Å². The average Bonchev–Trinajstić information content (AvgIpc) is 2.25. The van der Waals surface area contributed by atoms with Crippen LogP contribution in [0, 0.1) is 0 Å². The van der Waals surface area contributed by atoms with Crippen LogP contribution >= 0.6 is 12.6 Å². The predicted molar refractivity (Wildman–Crippen MR) is 71.2 cm³/mol. The van der Waals surface area contributed by atoms with Crippen LogP contribution in [0.1, 0.15) is 51.4 Å². The second kappa shape index (κ2) is 5.19.